The predicted octanol–water partition coefficient (Wildman–Crippen LogP) is 0.647. The second-order valence-corrected chi connectivity index (χ2v) is 3.11. The van der Waals surface area contributed by atoms with Gasteiger partial charge in [0.15, 0.2) is 11.5 Å². The summed E-state index contributed by atoms with van der Waals surface area (Å²) in [5.74, 6) is -0.687. The largest absolute Gasteiger partial charge is 0.476 e. The number of hydrogen-bond acceptors (Lipinski definition) is 5. The van der Waals surface area contributed by atoms with Gasteiger partial charge in [-0.25, -0.2) is 14.8 Å². The molecule has 0 unspecified atom stereocenters. The highest BCUT2D eigenvalue weighted by atomic mass is 16.5. The van der Waals surface area contributed by atoms with Crippen molar-refractivity contribution in [1.29, 1.82) is 0 Å². The highest BCUT2D eigenvalue weighted by Gasteiger charge is 2.17. The van der Waals surface area contributed by atoms with Crippen LogP contribution >= 0.6 is 0 Å². The Hall–Kier alpha value is -1.69. The molecule has 6 heteroatoms. The smallest absolute Gasteiger partial charge is 0.358 e. The van der Waals surface area contributed by atoms with E-state index in [0.29, 0.717) is 25.5 Å². The second-order valence-electron chi connectivity index (χ2n) is 3.11. The van der Waals surface area contributed by atoms with Crippen molar-refractivity contribution in [1.82, 2.24) is 9.97 Å². The Morgan fingerprint density at radius 2 is 2.19 bits per heavy atom. The summed E-state index contributed by atoms with van der Waals surface area (Å²) in [7, 11) is 1.60. The number of likely N-dealkylation sites (N-methyl/N-ethyl adjacent to an activating group) is 1. The van der Waals surface area contributed by atoms with Crippen molar-refractivity contribution in [3.8, 4) is 0 Å². The van der Waals surface area contributed by atoms with E-state index in [1.165, 1.54) is 12.4 Å². The number of ether oxygens (including phenoxy) is 1. The second kappa shape index (κ2) is 6.02. The average Bonchev–Trinajstić information content (AvgIpc) is 2.30. The van der Waals surface area contributed by atoms with Crippen LogP contribution in [0.5, 0.6) is 0 Å². The van der Waals surface area contributed by atoms with Crippen molar-refractivity contribution in [2.24, 2.45) is 0 Å². The number of carboxylic acids is 1. The Morgan fingerprint density at radius 1 is 1.50 bits per heavy atom. The lowest BCUT2D eigenvalue weighted by Crippen LogP contribution is -2.29. The van der Waals surface area contributed by atoms with Crippen LogP contribution in [0.15, 0.2) is 12.4 Å². The number of carbonyl (C=O) groups is 1. The minimum Gasteiger partial charge on any atom is -0.476 e. The molecule has 16 heavy (non-hydrogen) atoms. The Bertz CT molecular complexity index is 357. The first-order valence-corrected chi connectivity index (χ1v) is 4.98. The van der Waals surface area contributed by atoms with E-state index in [9.17, 15) is 4.79 Å². The average molecular weight is 225 g/mol. The summed E-state index contributed by atoms with van der Waals surface area (Å²) in [5.41, 5.74) is -0.0274. The maximum Gasteiger partial charge on any atom is 0.358 e. The number of nitrogens with zero attached hydrogens (tertiary/aromatic N) is 3. The number of aromatic nitrogens is 2. The number of methoxy groups -OCH3 is 1. The Balaban J connectivity index is 2.94. The summed E-state index contributed by atoms with van der Waals surface area (Å²) in [6.07, 6.45) is 2.86. The van der Waals surface area contributed by atoms with E-state index < -0.39 is 5.97 Å². The SMILES string of the molecule is CCN(CCOC)c1nccnc1C(=O)O. The number of hydrogen-bond donors (Lipinski definition) is 1. The molecule has 0 aromatic carbocycles. The van der Waals surface area contributed by atoms with E-state index in [-0.39, 0.29) is 5.69 Å². The molecule has 6 nitrogen and oxygen atoms in total. The minimum absolute atomic E-state index is 0.0274. The minimum atomic E-state index is -1.07. The summed E-state index contributed by atoms with van der Waals surface area (Å²) >= 11 is 0. The molecule has 0 aliphatic heterocycles. The Labute approximate surface area is 93.9 Å². The molecule has 0 aliphatic carbocycles. The van der Waals surface area contributed by atoms with Crippen molar-refractivity contribution in [2.45, 2.75) is 6.92 Å². The first-order valence-electron chi connectivity index (χ1n) is 4.98. The maximum atomic E-state index is 11.0. The summed E-state index contributed by atoms with van der Waals surface area (Å²) in [4.78, 5) is 20.6. The van der Waals surface area contributed by atoms with Crippen LogP contribution in [0.4, 0.5) is 5.82 Å². The quantitative estimate of drug-likeness (QED) is 0.766. The molecule has 1 rings (SSSR count). The Morgan fingerprint density at radius 3 is 2.75 bits per heavy atom. The molecule has 0 aliphatic rings. The van der Waals surface area contributed by atoms with Gasteiger partial charge in [0.05, 0.1) is 6.61 Å². The third-order valence-electron chi connectivity index (χ3n) is 2.13. The van der Waals surface area contributed by atoms with Crippen LogP contribution in [-0.2, 0) is 4.74 Å². The van der Waals surface area contributed by atoms with E-state index in [0.717, 1.165) is 0 Å². The van der Waals surface area contributed by atoms with Crippen molar-refractivity contribution in [3.63, 3.8) is 0 Å². The van der Waals surface area contributed by atoms with Crippen LogP contribution in [0.25, 0.3) is 0 Å². The molecule has 1 heterocycles. The van der Waals surface area contributed by atoms with E-state index in [1.54, 1.807) is 7.11 Å². The molecule has 88 valence electrons. The van der Waals surface area contributed by atoms with E-state index >= 15 is 0 Å². The van der Waals surface area contributed by atoms with Gasteiger partial charge in [-0.1, -0.05) is 0 Å². The maximum absolute atomic E-state index is 11.0. The molecule has 0 radical (unpaired) electrons. The monoisotopic (exact) mass is 225 g/mol. The zero-order valence-corrected chi connectivity index (χ0v) is 9.38. The molecule has 0 spiro atoms. The summed E-state index contributed by atoms with van der Waals surface area (Å²) < 4.78 is 4.96. The predicted molar refractivity (Wildman–Crippen MR) is 58.8 cm³/mol. The third-order valence-corrected chi connectivity index (χ3v) is 2.13. The van der Waals surface area contributed by atoms with Crippen LogP contribution in [0, 0.1) is 0 Å². The zero-order chi connectivity index (χ0) is 12.0. The third kappa shape index (κ3) is 2.90. The first kappa shape index (κ1) is 12.4. The van der Waals surface area contributed by atoms with Gasteiger partial charge < -0.3 is 14.7 Å². The lowest BCUT2D eigenvalue weighted by atomic mass is 10.3. The van der Waals surface area contributed by atoms with Gasteiger partial charge in [-0.3, -0.25) is 0 Å². The van der Waals surface area contributed by atoms with Gasteiger partial charge in [0.2, 0.25) is 0 Å². The lowest BCUT2D eigenvalue weighted by molar-refractivity contribution is 0.0690. The molecule has 0 atom stereocenters. The van der Waals surface area contributed by atoms with Gasteiger partial charge >= 0.3 is 5.97 Å². The Kier molecular flexibility index (Phi) is 4.65. The number of rotatable bonds is 6. The summed E-state index contributed by atoms with van der Waals surface area (Å²) in [6.45, 7) is 3.69. The van der Waals surface area contributed by atoms with Gasteiger partial charge in [-0.05, 0) is 6.92 Å². The van der Waals surface area contributed by atoms with Crippen LogP contribution in [0.3, 0.4) is 0 Å². The molecule has 1 aromatic heterocycles. The molecular weight excluding hydrogens is 210 g/mol. The highest BCUT2D eigenvalue weighted by molar-refractivity contribution is 5.90. The van der Waals surface area contributed by atoms with Gasteiger partial charge in [0.1, 0.15) is 0 Å². The fourth-order valence-electron chi connectivity index (χ4n) is 1.33. The van der Waals surface area contributed by atoms with Gasteiger partial charge in [-0.15, -0.1) is 0 Å². The van der Waals surface area contributed by atoms with Gasteiger partial charge in [-0.2, -0.15) is 0 Å². The molecule has 0 saturated heterocycles. The lowest BCUT2D eigenvalue weighted by Gasteiger charge is -2.22. The van der Waals surface area contributed by atoms with Crippen molar-refractivity contribution in [2.75, 3.05) is 31.7 Å². The molecule has 0 bridgehead atoms. The van der Waals surface area contributed by atoms with Crippen molar-refractivity contribution >= 4 is 11.8 Å². The van der Waals surface area contributed by atoms with E-state index in [4.69, 9.17) is 9.84 Å². The van der Waals surface area contributed by atoms with E-state index in [1.807, 2.05) is 11.8 Å². The normalized spacial score (nSPS) is 10.1. The fraction of sp³-hybridized carbons (Fsp3) is 0.500. The van der Waals surface area contributed by atoms with Gasteiger partial charge in [0.25, 0.3) is 0 Å². The molecule has 1 aromatic rings. The van der Waals surface area contributed by atoms with Crippen LogP contribution < -0.4 is 4.90 Å². The summed E-state index contributed by atoms with van der Waals surface area (Å²) in [6, 6.07) is 0. The van der Waals surface area contributed by atoms with Crippen LogP contribution in [0.2, 0.25) is 0 Å². The molecule has 0 saturated carbocycles. The van der Waals surface area contributed by atoms with Crippen molar-refractivity contribution < 1.29 is 14.6 Å². The fourth-order valence-corrected chi connectivity index (χ4v) is 1.33. The van der Waals surface area contributed by atoms with Crippen LogP contribution in [0.1, 0.15) is 17.4 Å². The highest BCUT2D eigenvalue weighted by Crippen LogP contribution is 2.14. The van der Waals surface area contributed by atoms with E-state index in [2.05, 4.69) is 9.97 Å². The van der Waals surface area contributed by atoms with Crippen molar-refractivity contribution in [3.05, 3.63) is 18.1 Å². The first-order chi connectivity index (χ1) is 7.70. The van der Waals surface area contributed by atoms with Gasteiger partial charge in [0, 0.05) is 32.6 Å². The standard InChI is InChI=1S/C10H15N3O3/c1-3-13(6-7-16-2)9-8(10(14)15)11-4-5-12-9/h4-5H,3,6-7H2,1-2H3,(H,14,15). The molecule has 0 amide bonds. The number of anilines is 1. The topological polar surface area (TPSA) is 75.5 Å². The molecule has 1 N–H and O–H groups in total. The summed E-state index contributed by atoms with van der Waals surface area (Å²) in [5, 5.41) is 8.98. The number of carboxylic acid groups (broad SMARTS) is 1. The molecule has 0 fully saturated rings. The van der Waals surface area contributed by atoms with Crippen LogP contribution in [-0.4, -0.2) is 47.8 Å². The molecular formula is C10H15N3O3. The number of aromatic carboxylic acids is 1. The zero-order valence-electron chi connectivity index (χ0n) is 9.38.